The number of guanidine groups is 1. The van der Waals surface area contributed by atoms with Gasteiger partial charge in [-0.25, -0.2) is 0 Å². The smallest absolute Gasteiger partial charge is 0.320 e. The molecular formula is C24H25N5O3. The van der Waals surface area contributed by atoms with Crippen LogP contribution in [0.2, 0.25) is 0 Å². The number of anilines is 2. The standard InChI is InChI=1S/C24H25N5O3/c1-14-6-7-19-21(9-14)29-13-15(2)5-4-8-31-23-18(12-25-32-23)20-11-17(10-16(3)26-20)22(30)28-24(29)27-19/h6-7,9-12,15H,4-5,8,13H2,1-3H3,(H,27,28,30)/t15-/m1/s1. The normalized spacial score (nSPS) is 20.0. The number of carbonyl (C=O) groups is 1. The van der Waals surface area contributed by atoms with Gasteiger partial charge in [0.2, 0.25) is 5.96 Å². The van der Waals surface area contributed by atoms with Crippen molar-refractivity contribution >= 4 is 23.2 Å². The van der Waals surface area contributed by atoms with Gasteiger partial charge in [-0.05, 0) is 62.4 Å². The summed E-state index contributed by atoms with van der Waals surface area (Å²) in [6.07, 6.45) is 3.38. The Hall–Kier alpha value is -3.68. The number of hydrogen-bond donors (Lipinski definition) is 1. The van der Waals surface area contributed by atoms with Gasteiger partial charge in [0, 0.05) is 17.8 Å². The second kappa shape index (κ2) is 8.11. The van der Waals surface area contributed by atoms with Crippen molar-refractivity contribution in [2.24, 2.45) is 10.9 Å². The van der Waals surface area contributed by atoms with Gasteiger partial charge in [0.05, 0.1) is 29.9 Å². The monoisotopic (exact) mass is 431 g/mol. The number of rotatable bonds is 0. The Balaban J connectivity index is 1.59. The maximum absolute atomic E-state index is 13.2. The van der Waals surface area contributed by atoms with Gasteiger partial charge in [0.1, 0.15) is 5.56 Å². The zero-order chi connectivity index (χ0) is 22.2. The number of hydrogen-bond acceptors (Lipinski definition) is 7. The molecule has 0 saturated carbocycles. The molecule has 0 radical (unpaired) electrons. The van der Waals surface area contributed by atoms with Crippen LogP contribution >= 0.6 is 0 Å². The van der Waals surface area contributed by atoms with Crippen molar-refractivity contribution in [2.45, 2.75) is 33.6 Å². The van der Waals surface area contributed by atoms with E-state index >= 15 is 0 Å². The number of aromatic nitrogens is 2. The van der Waals surface area contributed by atoms with Crippen LogP contribution in [0.3, 0.4) is 0 Å². The fourth-order valence-electron chi connectivity index (χ4n) is 4.14. The lowest BCUT2D eigenvalue weighted by molar-refractivity contribution is 0.100. The second-order valence-electron chi connectivity index (χ2n) is 8.50. The molecule has 8 nitrogen and oxygen atoms in total. The fourth-order valence-corrected chi connectivity index (χ4v) is 4.14. The van der Waals surface area contributed by atoms with E-state index < -0.39 is 0 Å². The molecule has 1 aromatic carbocycles. The van der Waals surface area contributed by atoms with Crippen LogP contribution in [-0.4, -0.2) is 35.2 Å². The summed E-state index contributed by atoms with van der Waals surface area (Å²) in [4.78, 5) is 24.3. The minimum Gasteiger partial charge on any atom is -0.463 e. The van der Waals surface area contributed by atoms with Crippen molar-refractivity contribution in [3.63, 3.8) is 0 Å². The predicted molar refractivity (Wildman–Crippen MR) is 122 cm³/mol. The highest BCUT2D eigenvalue weighted by molar-refractivity contribution is 6.19. The molecule has 5 rings (SSSR count). The summed E-state index contributed by atoms with van der Waals surface area (Å²) in [5.41, 5.74) is 5.51. The van der Waals surface area contributed by atoms with Crippen LogP contribution in [0.4, 0.5) is 11.4 Å². The predicted octanol–water partition coefficient (Wildman–Crippen LogP) is 4.59. The van der Waals surface area contributed by atoms with Crippen molar-refractivity contribution in [1.29, 1.82) is 0 Å². The summed E-state index contributed by atoms with van der Waals surface area (Å²) < 4.78 is 11.2. The molecule has 8 heteroatoms. The van der Waals surface area contributed by atoms with Gasteiger partial charge in [0.25, 0.3) is 5.91 Å². The number of nitrogens with zero attached hydrogens (tertiary/aromatic N) is 4. The molecule has 0 aliphatic carbocycles. The molecule has 0 saturated heterocycles. The second-order valence-corrected chi connectivity index (χ2v) is 8.50. The Labute approximate surface area is 186 Å². The highest BCUT2D eigenvalue weighted by Gasteiger charge is 2.28. The van der Waals surface area contributed by atoms with Gasteiger partial charge in [-0.3, -0.25) is 9.78 Å². The lowest BCUT2D eigenvalue weighted by atomic mass is 10.0. The molecule has 2 aliphatic heterocycles. The molecular weight excluding hydrogens is 406 g/mol. The highest BCUT2D eigenvalue weighted by Crippen LogP contribution is 2.35. The van der Waals surface area contributed by atoms with Gasteiger partial charge in [-0.15, -0.1) is 0 Å². The minimum absolute atomic E-state index is 0.321. The molecule has 0 unspecified atom stereocenters. The summed E-state index contributed by atoms with van der Waals surface area (Å²) in [5.74, 6) is 0.893. The number of pyridine rings is 1. The van der Waals surface area contributed by atoms with E-state index in [2.05, 4.69) is 51.3 Å². The number of benzene rings is 1. The molecule has 2 bridgehead atoms. The van der Waals surface area contributed by atoms with E-state index in [1.165, 1.54) is 0 Å². The van der Waals surface area contributed by atoms with Crippen molar-refractivity contribution in [2.75, 3.05) is 23.4 Å². The molecule has 3 aromatic rings. The highest BCUT2D eigenvalue weighted by atomic mass is 16.6. The van der Waals surface area contributed by atoms with Crippen molar-refractivity contribution in [1.82, 2.24) is 10.1 Å². The van der Waals surface area contributed by atoms with Gasteiger partial charge >= 0.3 is 5.95 Å². The lowest BCUT2D eigenvalue weighted by Crippen LogP contribution is -2.35. The Kier molecular flexibility index (Phi) is 5.13. The molecule has 0 fully saturated rings. The third-order valence-corrected chi connectivity index (χ3v) is 5.74. The van der Waals surface area contributed by atoms with Crippen molar-refractivity contribution in [3.8, 4) is 17.2 Å². The van der Waals surface area contributed by atoms with E-state index in [1.54, 1.807) is 18.3 Å². The first-order chi connectivity index (χ1) is 15.5. The van der Waals surface area contributed by atoms with Crippen LogP contribution in [0, 0.1) is 19.8 Å². The van der Waals surface area contributed by atoms with Crippen LogP contribution in [0.1, 0.15) is 41.4 Å². The topological polar surface area (TPSA) is 92.9 Å². The summed E-state index contributed by atoms with van der Waals surface area (Å²) in [6.45, 7) is 7.36. The zero-order valence-corrected chi connectivity index (χ0v) is 18.4. The van der Waals surface area contributed by atoms with Gasteiger partial charge < -0.3 is 19.5 Å². The van der Waals surface area contributed by atoms with E-state index in [1.807, 2.05) is 13.0 Å². The van der Waals surface area contributed by atoms with Gasteiger partial charge in [-0.1, -0.05) is 18.1 Å². The quantitative estimate of drug-likeness (QED) is 0.556. The lowest BCUT2D eigenvalue weighted by Gasteiger charge is -2.23. The number of aryl methyl sites for hydroxylation is 2. The molecule has 2 aromatic heterocycles. The maximum atomic E-state index is 13.2. The van der Waals surface area contributed by atoms with E-state index in [0.717, 1.165) is 36.3 Å². The van der Waals surface area contributed by atoms with E-state index in [4.69, 9.17) is 9.26 Å². The molecule has 1 N–H and O–H groups in total. The maximum Gasteiger partial charge on any atom is 0.320 e. The largest absolute Gasteiger partial charge is 0.463 e. The van der Waals surface area contributed by atoms with Crippen LogP contribution < -0.4 is 15.0 Å². The number of ether oxygens (including phenoxy) is 1. The molecule has 4 heterocycles. The number of carbonyl (C=O) groups excluding carboxylic acids is 1. The summed E-state index contributed by atoms with van der Waals surface area (Å²) in [6, 6.07) is 9.65. The third kappa shape index (κ3) is 3.84. The first-order valence-corrected chi connectivity index (χ1v) is 10.8. The van der Waals surface area contributed by atoms with Crippen LogP contribution in [0.15, 0.2) is 46.0 Å². The molecule has 164 valence electrons. The SMILES string of the molecule is Cc1ccc2c(c1)N1C[C@H](C)CCCOc3oncc3-c3cc(cc(C)n3)C(=O)/N=C/1N2. The summed E-state index contributed by atoms with van der Waals surface area (Å²) in [5, 5.41) is 7.20. The zero-order valence-electron chi connectivity index (χ0n) is 18.4. The molecule has 0 spiro atoms. The van der Waals surface area contributed by atoms with E-state index in [9.17, 15) is 4.79 Å². The van der Waals surface area contributed by atoms with E-state index in [-0.39, 0.29) is 5.91 Å². The Morgan fingerprint density at radius 3 is 2.94 bits per heavy atom. The average Bonchev–Trinajstić information content (AvgIpc) is 3.35. The number of nitrogens with one attached hydrogen (secondary N) is 1. The number of fused-ring (bicyclic) bond motifs is 7. The fraction of sp³-hybridized carbons (Fsp3) is 0.333. The Bertz CT molecular complexity index is 1220. The number of amides is 1. The van der Waals surface area contributed by atoms with Gasteiger partial charge in [-0.2, -0.15) is 4.99 Å². The first kappa shape index (κ1) is 20.2. The Morgan fingerprint density at radius 2 is 2.06 bits per heavy atom. The summed E-state index contributed by atoms with van der Waals surface area (Å²) in [7, 11) is 0. The van der Waals surface area contributed by atoms with Crippen LogP contribution in [-0.2, 0) is 0 Å². The molecule has 1 atom stereocenters. The number of aliphatic imine (C=N–C) groups is 1. The third-order valence-electron chi connectivity index (χ3n) is 5.74. The van der Waals surface area contributed by atoms with Crippen LogP contribution in [0.5, 0.6) is 5.95 Å². The van der Waals surface area contributed by atoms with Crippen molar-refractivity contribution in [3.05, 3.63) is 53.3 Å². The Morgan fingerprint density at radius 1 is 1.19 bits per heavy atom. The summed E-state index contributed by atoms with van der Waals surface area (Å²) >= 11 is 0. The average molecular weight is 431 g/mol. The molecule has 2 aliphatic rings. The van der Waals surface area contributed by atoms with Crippen LogP contribution in [0.25, 0.3) is 11.3 Å². The first-order valence-electron chi connectivity index (χ1n) is 10.8. The van der Waals surface area contributed by atoms with E-state index in [0.29, 0.717) is 46.9 Å². The van der Waals surface area contributed by atoms with Gasteiger partial charge in [0.15, 0.2) is 0 Å². The molecule has 1 amide bonds. The molecule has 32 heavy (non-hydrogen) atoms. The minimum atomic E-state index is -0.338. The van der Waals surface area contributed by atoms with Crippen molar-refractivity contribution < 1.29 is 14.1 Å².